The second-order valence-corrected chi connectivity index (χ2v) is 4.87. The highest BCUT2D eigenvalue weighted by molar-refractivity contribution is 6.11. The highest BCUT2D eigenvalue weighted by atomic mass is 16.5. The van der Waals surface area contributed by atoms with Gasteiger partial charge in [-0.25, -0.2) is 0 Å². The zero-order chi connectivity index (χ0) is 11.9. The lowest BCUT2D eigenvalue weighted by molar-refractivity contribution is -0.139. The topological polar surface area (TPSA) is 43.4 Å². The van der Waals surface area contributed by atoms with Gasteiger partial charge in [-0.1, -0.05) is 18.6 Å². The third kappa shape index (κ3) is 1.42. The van der Waals surface area contributed by atoms with Gasteiger partial charge in [0.05, 0.1) is 7.11 Å². The minimum atomic E-state index is -0.601. The Morgan fingerprint density at radius 3 is 2.75 bits per heavy atom. The van der Waals surface area contributed by atoms with Gasteiger partial charge in [0.15, 0.2) is 11.5 Å². The molecular formula is C13H16O3. The first-order valence-electron chi connectivity index (χ1n) is 5.49. The van der Waals surface area contributed by atoms with Crippen LogP contribution in [0.1, 0.15) is 26.7 Å². The monoisotopic (exact) mass is 220 g/mol. The smallest absolute Gasteiger partial charge is 0.204 e. The third-order valence-electron chi connectivity index (χ3n) is 3.75. The van der Waals surface area contributed by atoms with Gasteiger partial charge in [0.25, 0.3) is 0 Å². The van der Waals surface area contributed by atoms with Gasteiger partial charge < -0.3 is 4.74 Å². The Labute approximate surface area is 95.2 Å². The number of Topliss-reactive ketones (excluding diaryl/α,β-unsaturated/α-hetero) is 1. The Morgan fingerprint density at radius 2 is 2.12 bits per heavy atom. The van der Waals surface area contributed by atoms with Crippen molar-refractivity contribution >= 4 is 11.6 Å². The molecule has 0 spiro atoms. The van der Waals surface area contributed by atoms with Crippen molar-refractivity contribution < 1.29 is 14.3 Å². The molecule has 2 aliphatic rings. The summed E-state index contributed by atoms with van der Waals surface area (Å²) in [5, 5.41) is 0. The number of ether oxygens (including phenoxy) is 1. The molecule has 2 rings (SSSR count). The van der Waals surface area contributed by atoms with E-state index < -0.39 is 5.41 Å². The standard InChI is InChI=1S/C13H16O3/c1-8-4-5-13(2)9(6-8)10(14)7-11(16-3)12(13)15/h4,7,9H,5-6H2,1-3H3/t9-,13+/m1/s1. The fourth-order valence-corrected chi connectivity index (χ4v) is 2.55. The van der Waals surface area contributed by atoms with E-state index >= 15 is 0 Å². The molecular weight excluding hydrogens is 204 g/mol. The quantitative estimate of drug-likeness (QED) is 0.635. The first kappa shape index (κ1) is 11.1. The molecule has 0 aromatic rings. The molecule has 3 nitrogen and oxygen atoms in total. The molecule has 0 aromatic heterocycles. The van der Waals surface area contributed by atoms with Gasteiger partial charge in [-0.05, 0) is 19.8 Å². The van der Waals surface area contributed by atoms with E-state index in [2.05, 4.69) is 6.08 Å². The van der Waals surface area contributed by atoms with Crippen LogP contribution in [0.3, 0.4) is 0 Å². The van der Waals surface area contributed by atoms with Crippen LogP contribution < -0.4 is 0 Å². The molecule has 86 valence electrons. The van der Waals surface area contributed by atoms with Crippen LogP contribution in [0, 0.1) is 11.3 Å². The van der Waals surface area contributed by atoms with Gasteiger partial charge >= 0.3 is 0 Å². The Balaban J connectivity index is 2.46. The van der Waals surface area contributed by atoms with Crippen molar-refractivity contribution in [3.8, 4) is 0 Å². The molecule has 0 radical (unpaired) electrons. The van der Waals surface area contributed by atoms with Gasteiger partial charge in [-0.2, -0.15) is 0 Å². The maximum atomic E-state index is 12.2. The van der Waals surface area contributed by atoms with Crippen molar-refractivity contribution in [3.63, 3.8) is 0 Å². The van der Waals surface area contributed by atoms with Crippen LogP contribution >= 0.6 is 0 Å². The van der Waals surface area contributed by atoms with E-state index in [4.69, 9.17) is 4.74 Å². The predicted octanol–water partition coefficient (Wildman–Crippen LogP) is 2.03. The van der Waals surface area contributed by atoms with Crippen LogP contribution in [0.15, 0.2) is 23.5 Å². The summed E-state index contributed by atoms with van der Waals surface area (Å²) in [6.45, 7) is 3.87. The zero-order valence-corrected chi connectivity index (χ0v) is 9.87. The lowest BCUT2D eigenvalue weighted by Crippen LogP contribution is -2.45. The highest BCUT2D eigenvalue weighted by Gasteiger charge is 2.49. The molecule has 0 amide bonds. The summed E-state index contributed by atoms with van der Waals surface area (Å²) >= 11 is 0. The second-order valence-electron chi connectivity index (χ2n) is 4.87. The van der Waals surface area contributed by atoms with Gasteiger partial charge in [-0.15, -0.1) is 0 Å². The van der Waals surface area contributed by atoms with Crippen molar-refractivity contribution in [3.05, 3.63) is 23.5 Å². The molecule has 0 unspecified atom stereocenters. The SMILES string of the molecule is COC1=CC(=O)[C@H]2CC(C)=CC[C@]2(C)C1=O. The summed E-state index contributed by atoms with van der Waals surface area (Å²) in [6, 6.07) is 0. The van der Waals surface area contributed by atoms with E-state index in [9.17, 15) is 9.59 Å². The molecule has 0 saturated carbocycles. The summed E-state index contributed by atoms with van der Waals surface area (Å²) in [7, 11) is 1.44. The summed E-state index contributed by atoms with van der Waals surface area (Å²) in [5.41, 5.74) is 0.592. The van der Waals surface area contributed by atoms with Crippen molar-refractivity contribution in [2.75, 3.05) is 7.11 Å². The minimum Gasteiger partial charge on any atom is -0.493 e. The third-order valence-corrected chi connectivity index (χ3v) is 3.75. The van der Waals surface area contributed by atoms with Crippen molar-refractivity contribution in [1.82, 2.24) is 0 Å². The number of hydrogen-bond donors (Lipinski definition) is 0. The van der Waals surface area contributed by atoms with E-state index in [1.165, 1.54) is 18.8 Å². The Hall–Kier alpha value is -1.38. The van der Waals surface area contributed by atoms with Crippen LogP contribution in [0.25, 0.3) is 0 Å². The molecule has 16 heavy (non-hydrogen) atoms. The number of allylic oxidation sites excluding steroid dienone is 4. The van der Waals surface area contributed by atoms with E-state index in [1.54, 1.807) is 0 Å². The van der Waals surface area contributed by atoms with Crippen molar-refractivity contribution in [2.45, 2.75) is 26.7 Å². The normalized spacial score (nSPS) is 34.1. The number of rotatable bonds is 1. The van der Waals surface area contributed by atoms with Gasteiger partial charge in [0, 0.05) is 17.4 Å². The first-order valence-corrected chi connectivity index (χ1v) is 5.49. The van der Waals surface area contributed by atoms with Gasteiger partial charge in [0.2, 0.25) is 5.78 Å². The molecule has 0 heterocycles. The van der Waals surface area contributed by atoms with E-state index in [-0.39, 0.29) is 23.2 Å². The van der Waals surface area contributed by atoms with Gasteiger partial charge in [0.1, 0.15) is 0 Å². The van der Waals surface area contributed by atoms with Crippen LogP contribution in [-0.2, 0) is 14.3 Å². The second kappa shape index (κ2) is 3.58. The summed E-state index contributed by atoms with van der Waals surface area (Å²) < 4.78 is 4.98. The number of ketones is 2. The average molecular weight is 220 g/mol. The lowest BCUT2D eigenvalue weighted by Gasteiger charge is -2.40. The van der Waals surface area contributed by atoms with Crippen LogP contribution in [0.2, 0.25) is 0 Å². The largest absolute Gasteiger partial charge is 0.493 e. The minimum absolute atomic E-state index is 0.0198. The van der Waals surface area contributed by atoms with Crippen LogP contribution in [-0.4, -0.2) is 18.7 Å². The number of methoxy groups -OCH3 is 1. The fourth-order valence-electron chi connectivity index (χ4n) is 2.55. The maximum absolute atomic E-state index is 12.2. The van der Waals surface area contributed by atoms with E-state index in [0.29, 0.717) is 12.8 Å². The molecule has 0 aliphatic heterocycles. The number of carbonyl (C=O) groups is 2. The van der Waals surface area contributed by atoms with Crippen molar-refractivity contribution in [2.24, 2.45) is 11.3 Å². The van der Waals surface area contributed by atoms with E-state index in [0.717, 1.165) is 0 Å². The summed E-state index contributed by atoms with van der Waals surface area (Å²) in [6.07, 6.45) is 4.73. The Kier molecular flexibility index (Phi) is 2.49. The number of carbonyl (C=O) groups excluding carboxylic acids is 2. The number of fused-ring (bicyclic) bond motifs is 1. The first-order chi connectivity index (χ1) is 7.49. The Morgan fingerprint density at radius 1 is 1.44 bits per heavy atom. The Bertz CT molecular complexity index is 417. The summed E-state index contributed by atoms with van der Waals surface area (Å²) in [4.78, 5) is 24.1. The van der Waals surface area contributed by atoms with Crippen LogP contribution in [0.4, 0.5) is 0 Å². The predicted molar refractivity (Wildman–Crippen MR) is 59.7 cm³/mol. The van der Waals surface area contributed by atoms with Crippen molar-refractivity contribution in [1.29, 1.82) is 0 Å². The molecule has 0 bridgehead atoms. The highest BCUT2D eigenvalue weighted by Crippen LogP contribution is 2.45. The molecule has 0 fully saturated rings. The molecule has 0 N–H and O–H groups in total. The van der Waals surface area contributed by atoms with Crippen LogP contribution in [0.5, 0.6) is 0 Å². The van der Waals surface area contributed by atoms with E-state index in [1.807, 2.05) is 13.8 Å². The molecule has 3 heteroatoms. The summed E-state index contributed by atoms with van der Waals surface area (Å²) in [5.74, 6) is -0.0182. The molecule has 2 aliphatic carbocycles. The maximum Gasteiger partial charge on any atom is 0.204 e. The lowest BCUT2D eigenvalue weighted by atomic mass is 9.61. The molecule has 2 atom stereocenters. The van der Waals surface area contributed by atoms with Gasteiger partial charge in [-0.3, -0.25) is 9.59 Å². The fraction of sp³-hybridized carbons (Fsp3) is 0.538. The number of hydrogen-bond acceptors (Lipinski definition) is 3. The molecule has 0 aromatic carbocycles. The molecule has 0 saturated heterocycles. The zero-order valence-electron chi connectivity index (χ0n) is 9.87. The average Bonchev–Trinajstić information content (AvgIpc) is 2.26.